The Kier molecular flexibility index (Phi) is 10.9. The molecule has 3 N–H and O–H groups in total. The molecular formula is C24H28FIN4O2. The second-order valence-corrected chi connectivity index (χ2v) is 6.89. The summed E-state index contributed by atoms with van der Waals surface area (Å²) in [6, 6.07) is 19.5. The van der Waals surface area contributed by atoms with E-state index in [4.69, 9.17) is 4.74 Å². The van der Waals surface area contributed by atoms with Gasteiger partial charge in [0.05, 0.1) is 13.2 Å². The second-order valence-electron chi connectivity index (χ2n) is 6.89. The van der Waals surface area contributed by atoms with Gasteiger partial charge in [-0.15, -0.1) is 24.0 Å². The van der Waals surface area contributed by atoms with E-state index in [-0.39, 0.29) is 42.3 Å². The molecule has 0 bridgehead atoms. The molecule has 170 valence electrons. The van der Waals surface area contributed by atoms with Gasteiger partial charge < -0.3 is 20.5 Å². The van der Waals surface area contributed by atoms with E-state index in [0.29, 0.717) is 37.2 Å². The van der Waals surface area contributed by atoms with Gasteiger partial charge in [-0.25, -0.2) is 14.4 Å². The largest absolute Gasteiger partial charge is 0.439 e. The van der Waals surface area contributed by atoms with Crippen molar-refractivity contribution < 1.29 is 14.2 Å². The Balaban J connectivity index is 0.00000363. The Morgan fingerprint density at radius 3 is 2.62 bits per heavy atom. The minimum absolute atomic E-state index is 0. The number of nitrogens with one attached hydrogen (secondary N) is 2. The molecule has 0 amide bonds. The molecule has 0 spiro atoms. The highest BCUT2D eigenvalue weighted by molar-refractivity contribution is 14.0. The van der Waals surface area contributed by atoms with Crippen molar-refractivity contribution in [3.63, 3.8) is 0 Å². The minimum Gasteiger partial charge on any atom is -0.439 e. The van der Waals surface area contributed by atoms with Gasteiger partial charge in [0.1, 0.15) is 11.6 Å². The predicted octanol–water partition coefficient (Wildman–Crippen LogP) is 4.46. The van der Waals surface area contributed by atoms with E-state index in [1.165, 1.54) is 12.1 Å². The number of nitrogens with zero attached hydrogens (tertiary/aromatic N) is 2. The van der Waals surface area contributed by atoms with Crippen molar-refractivity contribution in [2.24, 2.45) is 4.99 Å². The lowest BCUT2D eigenvalue weighted by atomic mass is 10.0. The number of aliphatic imine (C=N–C) groups is 1. The number of benzene rings is 2. The van der Waals surface area contributed by atoms with Crippen LogP contribution in [-0.4, -0.2) is 35.7 Å². The Morgan fingerprint density at radius 1 is 1.09 bits per heavy atom. The van der Waals surface area contributed by atoms with Crippen LogP contribution >= 0.6 is 24.0 Å². The number of ether oxygens (including phenoxy) is 1. The van der Waals surface area contributed by atoms with Gasteiger partial charge >= 0.3 is 0 Å². The summed E-state index contributed by atoms with van der Waals surface area (Å²) in [6.45, 7) is 3.57. The van der Waals surface area contributed by atoms with E-state index in [0.717, 1.165) is 11.1 Å². The molecule has 0 saturated carbocycles. The van der Waals surface area contributed by atoms with Gasteiger partial charge in [-0.3, -0.25) is 0 Å². The summed E-state index contributed by atoms with van der Waals surface area (Å²) in [5.74, 6) is 0.962. The summed E-state index contributed by atoms with van der Waals surface area (Å²) in [5.41, 5.74) is 1.83. The molecule has 3 aromatic rings. The number of guanidine groups is 1. The molecule has 0 radical (unpaired) electrons. The standard InChI is InChI=1S/C24H27FN4O2.HI/c1-2-26-24(29-16-20(17-30)18-8-4-3-5-9-18)28-15-19-10-7-13-27-23(19)31-22-12-6-11-21(25)14-22;/h3-14,20,30H,2,15-17H2,1H3,(H2,26,28,29);1H. The topological polar surface area (TPSA) is 78.8 Å². The summed E-state index contributed by atoms with van der Waals surface area (Å²) >= 11 is 0. The Morgan fingerprint density at radius 2 is 1.91 bits per heavy atom. The third-order valence-electron chi connectivity index (χ3n) is 4.62. The zero-order valence-electron chi connectivity index (χ0n) is 17.9. The maximum Gasteiger partial charge on any atom is 0.224 e. The number of aliphatic hydroxyl groups is 1. The second kappa shape index (κ2) is 13.6. The molecule has 0 aliphatic carbocycles. The van der Waals surface area contributed by atoms with E-state index in [9.17, 15) is 9.50 Å². The van der Waals surface area contributed by atoms with Crippen molar-refractivity contribution in [1.82, 2.24) is 15.6 Å². The SMILES string of the molecule is CCNC(=NCc1cccnc1Oc1cccc(F)c1)NCC(CO)c1ccccc1.I. The Bertz CT molecular complexity index is 988. The van der Waals surface area contributed by atoms with Gasteiger partial charge in [0.25, 0.3) is 0 Å². The highest BCUT2D eigenvalue weighted by Gasteiger charge is 2.11. The van der Waals surface area contributed by atoms with Gasteiger partial charge in [0.2, 0.25) is 5.88 Å². The van der Waals surface area contributed by atoms with Crippen LogP contribution in [0.3, 0.4) is 0 Å². The van der Waals surface area contributed by atoms with Crippen LogP contribution in [0.25, 0.3) is 0 Å². The van der Waals surface area contributed by atoms with Gasteiger partial charge in [-0.2, -0.15) is 0 Å². The molecule has 1 heterocycles. The summed E-state index contributed by atoms with van der Waals surface area (Å²) in [6.07, 6.45) is 1.62. The number of rotatable bonds is 9. The molecule has 1 unspecified atom stereocenters. The number of aliphatic hydroxyl groups excluding tert-OH is 1. The monoisotopic (exact) mass is 550 g/mol. The zero-order valence-corrected chi connectivity index (χ0v) is 20.2. The molecule has 32 heavy (non-hydrogen) atoms. The average molecular weight is 550 g/mol. The van der Waals surface area contributed by atoms with E-state index in [2.05, 4.69) is 20.6 Å². The van der Waals surface area contributed by atoms with Crippen molar-refractivity contribution >= 4 is 29.9 Å². The molecule has 2 aromatic carbocycles. The molecule has 0 fully saturated rings. The molecule has 3 rings (SSSR count). The number of hydrogen-bond acceptors (Lipinski definition) is 4. The van der Waals surface area contributed by atoms with E-state index < -0.39 is 0 Å². The fourth-order valence-electron chi connectivity index (χ4n) is 3.02. The third-order valence-corrected chi connectivity index (χ3v) is 4.62. The van der Waals surface area contributed by atoms with Crippen molar-refractivity contribution in [2.45, 2.75) is 19.4 Å². The number of aromatic nitrogens is 1. The normalized spacial score (nSPS) is 11.9. The summed E-state index contributed by atoms with van der Waals surface area (Å²) in [5, 5.41) is 16.3. The predicted molar refractivity (Wildman–Crippen MR) is 135 cm³/mol. The molecule has 6 nitrogen and oxygen atoms in total. The van der Waals surface area contributed by atoms with Crippen molar-refractivity contribution in [3.05, 3.63) is 89.9 Å². The first kappa shape index (κ1) is 25.5. The number of hydrogen-bond donors (Lipinski definition) is 3. The Labute approximate surface area is 205 Å². The lowest BCUT2D eigenvalue weighted by molar-refractivity contribution is 0.265. The van der Waals surface area contributed by atoms with Crippen molar-refractivity contribution in [3.8, 4) is 11.6 Å². The molecule has 0 aliphatic rings. The van der Waals surface area contributed by atoms with Crippen LogP contribution in [0.5, 0.6) is 11.6 Å². The van der Waals surface area contributed by atoms with Crippen LogP contribution in [0.15, 0.2) is 77.9 Å². The third kappa shape index (κ3) is 7.76. The number of halogens is 2. The Hall–Kier alpha value is -2.72. The van der Waals surface area contributed by atoms with Crippen LogP contribution < -0.4 is 15.4 Å². The van der Waals surface area contributed by atoms with Crippen LogP contribution in [-0.2, 0) is 6.54 Å². The molecular weight excluding hydrogens is 522 g/mol. The highest BCUT2D eigenvalue weighted by atomic mass is 127. The highest BCUT2D eigenvalue weighted by Crippen LogP contribution is 2.24. The first-order chi connectivity index (χ1) is 15.2. The molecule has 1 aromatic heterocycles. The van der Waals surface area contributed by atoms with Gasteiger partial charge in [-0.1, -0.05) is 42.5 Å². The number of pyridine rings is 1. The van der Waals surface area contributed by atoms with Crippen LogP contribution in [0.4, 0.5) is 4.39 Å². The van der Waals surface area contributed by atoms with Crippen LogP contribution in [0, 0.1) is 5.82 Å². The van der Waals surface area contributed by atoms with Gasteiger partial charge in [0.15, 0.2) is 5.96 Å². The first-order valence-electron chi connectivity index (χ1n) is 10.2. The summed E-state index contributed by atoms with van der Waals surface area (Å²) in [4.78, 5) is 8.89. The fraction of sp³-hybridized carbons (Fsp3) is 0.250. The zero-order chi connectivity index (χ0) is 21.9. The minimum atomic E-state index is -0.372. The quantitative estimate of drug-likeness (QED) is 0.208. The van der Waals surface area contributed by atoms with Gasteiger partial charge in [-0.05, 0) is 30.7 Å². The van der Waals surface area contributed by atoms with Crippen LogP contribution in [0.2, 0.25) is 0 Å². The summed E-state index contributed by atoms with van der Waals surface area (Å²) < 4.78 is 19.2. The fourth-order valence-corrected chi connectivity index (χ4v) is 3.02. The lowest BCUT2D eigenvalue weighted by Crippen LogP contribution is -2.39. The van der Waals surface area contributed by atoms with E-state index in [1.54, 1.807) is 24.4 Å². The summed E-state index contributed by atoms with van der Waals surface area (Å²) in [7, 11) is 0. The lowest BCUT2D eigenvalue weighted by Gasteiger charge is -2.18. The molecule has 0 aliphatic heterocycles. The average Bonchev–Trinajstić information content (AvgIpc) is 2.79. The van der Waals surface area contributed by atoms with Gasteiger partial charge in [0, 0.05) is 36.8 Å². The van der Waals surface area contributed by atoms with Crippen molar-refractivity contribution in [1.29, 1.82) is 0 Å². The maximum absolute atomic E-state index is 13.5. The molecule has 1 atom stereocenters. The first-order valence-corrected chi connectivity index (χ1v) is 10.2. The van der Waals surface area contributed by atoms with Crippen LogP contribution in [0.1, 0.15) is 24.0 Å². The smallest absolute Gasteiger partial charge is 0.224 e. The van der Waals surface area contributed by atoms with E-state index in [1.807, 2.05) is 43.3 Å². The van der Waals surface area contributed by atoms with Crippen molar-refractivity contribution in [2.75, 3.05) is 19.7 Å². The van der Waals surface area contributed by atoms with E-state index >= 15 is 0 Å². The molecule has 0 saturated heterocycles. The molecule has 8 heteroatoms. The maximum atomic E-state index is 13.5.